The van der Waals surface area contributed by atoms with Gasteiger partial charge in [0, 0.05) is 0 Å². The van der Waals surface area contributed by atoms with E-state index in [1.807, 2.05) is 0 Å². The van der Waals surface area contributed by atoms with E-state index in [1.165, 1.54) is 57.4 Å². The van der Waals surface area contributed by atoms with E-state index < -0.39 is 16.4 Å². The summed E-state index contributed by atoms with van der Waals surface area (Å²) in [7, 11) is -4.78. The number of carbonyl (C=O) groups excluding carboxylic acids is 1. The van der Waals surface area contributed by atoms with Crippen molar-refractivity contribution in [3.63, 3.8) is 0 Å². The predicted octanol–water partition coefficient (Wildman–Crippen LogP) is 5.11. The van der Waals surface area contributed by atoms with Crippen LogP contribution in [0.5, 0.6) is 0 Å². The zero-order valence-corrected chi connectivity index (χ0v) is 15.9. The monoisotopic (exact) mass is 370 g/mol. The van der Waals surface area contributed by atoms with Gasteiger partial charge in [0.1, 0.15) is 0 Å². The molecule has 0 atom stereocenters. The number of aryl methyl sites for hydroxylation is 1. The summed E-state index contributed by atoms with van der Waals surface area (Å²) in [6.07, 6.45) is 13.0. The van der Waals surface area contributed by atoms with Gasteiger partial charge in [0.05, 0.1) is 5.56 Å². The van der Waals surface area contributed by atoms with Crippen molar-refractivity contribution in [3.05, 3.63) is 35.4 Å². The molecule has 6 heteroatoms. The van der Waals surface area contributed by atoms with E-state index in [0.717, 1.165) is 18.4 Å². The second-order valence-electron chi connectivity index (χ2n) is 6.39. The van der Waals surface area contributed by atoms with Gasteiger partial charge >= 0.3 is 16.4 Å². The van der Waals surface area contributed by atoms with E-state index in [1.54, 1.807) is 18.2 Å². The van der Waals surface area contributed by atoms with Crippen LogP contribution < -0.4 is 0 Å². The largest absolute Gasteiger partial charge is 0.449 e. The molecule has 0 aliphatic heterocycles. The molecule has 142 valence electrons. The third-order valence-corrected chi connectivity index (χ3v) is 4.58. The molecule has 1 aromatic rings. The summed E-state index contributed by atoms with van der Waals surface area (Å²) in [5, 5.41) is 0. The Balaban J connectivity index is 2.28. The standard InChI is InChI=1S/C19H30O5S/c1-2-3-4-5-6-7-8-9-10-11-14-17-15-12-13-16-18(17)19(20)24-25(21,22)23/h12-13,15-16H,2-11,14H2,1H3,(H,21,22,23). The molecule has 0 bridgehead atoms. The summed E-state index contributed by atoms with van der Waals surface area (Å²) >= 11 is 0. The van der Waals surface area contributed by atoms with Crippen LogP contribution in [0.15, 0.2) is 24.3 Å². The van der Waals surface area contributed by atoms with Gasteiger partial charge in [-0.3, -0.25) is 4.55 Å². The van der Waals surface area contributed by atoms with Gasteiger partial charge in [-0.1, -0.05) is 82.9 Å². The summed E-state index contributed by atoms with van der Waals surface area (Å²) < 4.78 is 34.1. The highest BCUT2D eigenvalue weighted by molar-refractivity contribution is 7.81. The Labute approximate surface area is 151 Å². The fourth-order valence-electron chi connectivity index (χ4n) is 2.88. The van der Waals surface area contributed by atoms with Crippen LogP contribution in [0, 0.1) is 0 Å². The number of hydrogen-bond acceptors (Lipinski definition) is 4. The number of hydrogen-bond donors (Lipinski definition) is 1. The van der Waals surface area contributed by atoms with E-state index in [-0.39, 0.29) is 5.56 Å². The van der Waals surface area contributed by atoms with Crippen LogP contribution >= 0.6 is 0 Å². The molecule has 1 aromatic carbocycles. The highest BCUT2D eigenvalue weighted by Gasteiger charge is 2.18. The average Bonchev–Trinajstić information content (AvgIpc) is 2.55. The first kappa shape index (κ1) is 21.6. The predicted molar refractivity (Wildman–Crippen MR) is 99.0 cm³/mol. The molecule has 0 saturated carbocycles. The molecule has 1 N–H and O–H groups in total. The molecular weight excluding hydrogens is 340 g/mol. The van der Waals surface area contributed by atoms with Gasteiger partial charge in [-0.2, -0.15) is 8.42 Å². The molecule has 0 radical (unpaired) electrons. The van der Waals surface area contributed by atoms with Gasteiger partial charge < -0.3 is 4.18 Å². The van der Waals surface area contributed by atoms with E-state index >= 15 is 0 Å². The Morgan fingerprint density at radius 2 is 1.44 bits per heavy atom. The minimum absolute atomic E-state index is 0.191. The molecule has 0 amide bonds. The minimum atomic E-state index is -4.78. The molecule has 25 heavy (non-hydrogen) atoms. The number of carbonyl (C=O) groups is 1. The van der Waals surface area contributed by atoms with Crippen LogP contribution in [-0.2, 0) is 21.0 Å². The average molecular weight is 371 g/mol. The summed E-state index contributed by atoms with van der Waals surface area (Å²) in [5.41, 5.74) is 0.937. The Hall–Kier alpha value is -1.40. The Kier molecular flexibility index (Phi) is 10.4. The topological polar surface area (TPSA) is 80.7 Å². The van der Waals surface area contributed by atoms with E-state index in [4.69, 9.17) is 4.55 Å². The zero-order valence-electron chi connectivity index (χ0n) is 15.1. The second kappa shape index (κ2) is 12.0. The molecule has 0 fully saturated rings. The van der Waals surface area contributed by atoms with Gasteiger partial charge in [0.15, 0.2) is 0 Å². The molecule has 1 rings (SSSR count). The molecule has 5 nitrogen and oxygen atoms in total. The number of unbranched alkanes of at least 4 members (excludes halogenated alkanes) is 9. The first-order valence-electron chi connectivity index (χ1n) is 9.23. The lowest BCUT2D eigenvalue weighted by molar-refractivity contribution is 0.0726. The molecule has 0 aliphatic carbocycles. The van der Waals surface area contributed by atoms with Crippen molar-refractivity contribution < 1.29 is 21.9 Å². The zero-order chi connectivity index (χ0) is 18.5. The summed E-state index contributed by atoms with van der Waals surface area (Å²) in [6.45, 7) is 2.22. The second-order valence-corrected chi connectivity index (χ2v) is 7.41. The van der Waals surface area contributed by atoms with Crippen molar-refractivity contribution in [2.75, 3.05) is 0 Å². The van der Waals surface area contributed by atoms with Crippen molar-refractivity contribution in [3.8, 4) is 0 Å². The minimum Gasteiger partial charge on any atom is -0.320 e. The van der Waals surface area contributed by atoms with Gasteiger partial charge in [0.25, 0.3) is 0 Å². The lowest BCUT2D eigenvalue weighted by atomic mass is 10.00. The van der Waals surface area contributed by atoms with Crippen LogP contribution in [0.2, 0.25) is 0 Å². The van der Waals surface area contributed by atoms with Crippen molar-refractivity contribution in [1.82, 2.24) is 0 Å². The Morgan fingerprint density at radius 1 is 0.920 bits per heavy atom. The third-order valence-electron chi connectivity index (χ3n) is 4.22. The quantitative estimate of drug-likeness (QED) is 0.385. The molecule has 0 heterocycles. The molecular formula is C19H30O5S. The van der Waals surface area contributed by atoms with Crippen LogP contribution in [0.3, 0.4) is 0 Å². The van der Waals surface area contributed by atoms with Crippen molar-refractivity contribution in [2.24, 2.45) is 0 Å². The van der Waals surface area contributed by atoms with Crippen LogP contribution in [-0.4, -0.2) is 18.9 Å². The normalized spacial score (nSPS) is 11.4. The lowest BCUT2D eigenvalue weighted by Crippen LogP contribution is -2.13. The summed E-state index contributed by atoms with van der Waals surface area (Å²) in [6, 6.07) is 6.74. The summed E-state index contributed by atoms with van der Waals surface area (Å²) in [5.74, 6) is -1.04. The first-order chi connectivity index (χ1) is 11.9. The molecule has 0 aromatic heterocycles. The third kappa shape index (κ3) is 10.2. The maximum absolute atomic E-state index is 11.8. The SMILES string of the molecule is CCCCCCCCCCCCc1ccccc1C(=O)OS(=O)(=O)O. The molecule has 0 saturated heterocycles. The molecule has 0 unspecified atom stereocenters. The first-order valence-corrected chi connectivity index (χ1v) is 10.6. The highest BCUT2D eigenvalue weighted by atomic mass is 32.3. The van der Waals surface area contributed by atoms with Crippen molar-refractivity contribution >= 4 is 16.4 Å². The number of benzene rings is 1. The van der Waals surface area contributed by atoms with Crippen LogP contribution in [0.4, 0.5) is 0 Å². The lowest BCUT2D eigenvalue weighted by Gasteiger charge is -2.08. The van der Waals surface area contributed by atoms with Gasteiger partial charge in [-0.05, 0) is 24.5 Å². The smallest absolute Gasteiger partial charge is 0.320 e. The van der Waals surface area contributed by atoms with Gasteiger partial charge in [0.2, 0.25) is 0 Å². The van der Waals surface area contributed by atoms with E-state index in [9.17, 15) is 13.2 Å². The maximum Gasteiger partial charge on any atom is 0.449 e. The maximum atomic E-state index is 11.8. The van der Waals surface area contributed by atoms with E-state index in [2.05, 4.69) is 11.1 Å². The van der Waals surface area contributed by atoms with Crippen LogP contribution in [0.1, 0.15) is 87.1 Å². The summed E-state index contributed by atoms with van der Waals surface area (Å²) in [4.78, 5) is 11.8. The van der Waals surface area contributed by atoms with Crippen LogP contribution in [0.25, 0.3) is 0 Å². The van der Waals surface area contributed by atoms with E-state index in [0.29, 0.717) is 6.42 Å². The Morgan fingerprint density at radius 3 is 2.00 bits per heavy atom. The highest BCUT2D eigenvalue weighted by Crippen LogP contribution is 2.16. The molecule has 0 spiro atoms. The van der Waals surface area contributed by atoms with Gasteiger partial charge in [-0.15, -0.1) is 0 Å². The fraction of sp³-hybridized carbons (Fsp3) is 0.632. The molecule has 0 aliphatic rings. The van der Waals surface area contributed by atoms with Crippen molar-refractivity contribution in [1.29, 1.82) is 0 Å². The number of rotatable bonds is 13. The van der Waals surface area contributed by atoms with Crippen molar-refractivity contribution in [2.45, 2.75) is 77.6 Å². The fourth-order valence-corrected chi connectivity index (χ4v) is 3.16. The van der Waals surface area contributed by atoms with Gasteiger partial charge in [-0.25, -0.2) is 4.79 Å². The Bertz CT molecular complexity index is 610.